The lowest BCUT2D eigenvalue weighted by molar-refractivity contribution is 0.614. The van der Waals surface area contributed by atoms with Crippen molar-refractivity contribution in [2.45, 2.75) is 27.3 Å². The van der Waals surface area contributed by atoms with Crippen LogP contribution in [0, 0.1) is 20.8 Å². The van der Waals surface area contributed by atoms with E-state index >= 15 is 0 Å². The number of halogens is 1. The Kier molecular flexibility index (Phi) is 3.92. The summed E-state index contributed by atoms with van der Waals surface area (Å²) in [5.41, 5.74) is 4.57. The molecule has 0 aliphatic carbocycles. The Morgan fingerprint density at radius 3 is 2.56 bits per heavy atom. The molecular weight excluding hydrogens is 246 g/mol. The molecule has 1 aromatic carbocycles. The lowest BCUT2D eigenvalue weighted by atomic mass is 10.2. The van der Waals surface area contributed by atoms with Gasteiger partial charge in [0.15, 0.2) is 0 Å². The first kappa shape index (κ1) is 13.0. The summed E-state index contributed by atoms with van der Waals surface area (Å²) >= 11 is 6.08. The van der Waals surface area contributed by atoms with E-state index in [2.05, 4.69) is 24.3 Å². The summed E-state index contributed by atoms with van der Waals surface area (Å²) in [4.78, 5) is 0. The number of aryl methyl sites for hydroxylation is 1. The molecule has 0 fully saturated rings. The van der Waals surface area contributed by atoms with Crippen LogP contribution < -0.4 is 5.32 Å². The number of aromatic nitrogens is 2. The smallest absolute Gasteiger partial charge is 0.0637 e. The first-order chi connectivity index (χ1) is 8.59. The second-order valence-electron chi connectivity index (χ2n) is 4.43. The van der Waals surface area contributed by atoms with E-state index in [1.165, 1.54) is 11.3 Å². The summed E-state index contributed by atoms with van der Waals surface area (Å²) in [5, 5.41) is 8.58. The SMILES string of the molecule is Cc1nn(CCNc2ccccc2Cl)c(C)c1C. The standard InChI is InChI=1S/C14H18ClN3/c1-10-11(2)17-18(12(10)3)9-8-16-14-7-5-4-6-13(14)15/h4-7,16H,8-9H2,1-3H3. The molecule has 1 aromatic heterocycles. The molecule has 3 nitrogen and oxygen atoms in total. The lowest BCUT2D eigenvalue weighted by Gasteiger charge is -2.09. The minimum absolute atomic E-state index is 0.752. The van der Waals surface area contributed by atoms with Crippen LogP contribution in [0.5, 0.6) is 0 Å². The molecule has 96 valence electrons. The number of nitrogens with one attached hydrogen (secondary N) is 1. The maximum atomic E-state index is 6.08. The molecular formula is C14H18ClN3. The van der Waals surface area contributed by atoms with Crippen LogP contribution in [0.25, 0.3) is 0 Å². The van der Waals surface area contributed by atoms with Crippen molar-refractivity contribution in [1.29, 1.82) is 0 Å². The zero-order valence-electron chi connectivity index (χ0n) is 11.0. The van der Waals surface area contributed by atoms with Gasteiger partial charge in [0.05, 0.1) is 22.9 Å². The Hall–Kier alpha value is -1.48. The van der Waals surface area contributed by atoms with Crippen molar-refractivity contribution in [3.05, 3.63) is 46.2 Å². The second kappa shape index (κ2) is 5.44. The fraction of sp³-hybridized carbons (Fsp3) is 0.357. The molecule has 0 spiro atoms. The van der Waals surface area contributed by atoms with E-state index in [0.717, 1.165) is 29.5 Å². The zero-order chi connectivity index (χ0) is 13.1. The van der Waals surface area contributed by atoms with Crippen molar-refractivity contribution in [2.24, 2.45) is 0 Å². The van der Waals surface area contributed by atoms with Crippen LogP contribution in [0.4, 0.5) is 5.69 Å². The van der Waals surface area contributed by atoms with Crippen LogP contribution in [0.2, 0.25) is 5.02 Å². The predicted octanol–water partition coefficient (Wildman–Crippen LogP) is 3.57. The average molecular weight is 264 g/mol. The predicted molar refractivity (Wildman–Crippen MR) is 76.4 cm³/mol. The molecule has 0 aliphatic rings. The highest BCUT2D eigenvalue weighted by atomic mass is 35.5. The molecule has 2 aromatic rings. The van der Waals surface area contributed by atoms with Crippen molar-refractivity contribution in [3.63, 3.8) is 0 Å². The largest absolute Gasteiger partial charge is 0.382 e. The topological polar surface area (TPSA) is 29.9 Å². The summed E-state index contributed by atoms with van der Waals surface area (Å²) in [5.74, 6) is 0. The van der Waals surface area contributed by atoms with E-state index in [9.17, 15) is 0 Å². The monoisotopic (exact) mass is 263 g/mol. The number of benzene rings is 1. The van der Waals surface area contributed by atoms with Gasteiger partial charge >= 0.3 is 0 Å². The first-order valence-electron chi connectivity index (χ1n) is 6.08. The van der Waals surface area contributed by atoms with Crippen molar-refractivity contribution < 1.29 is 0 Å². The third-order valence-corrected chi connectivity index (χ3v) is 3.59. The molecule has 1 heterocycles. The van der Waals surface area contributed by atoms with Gasteiger partial charge in [0.25, 0.3) is 0 Å². The Bertz CT molecular complexity index is 546. The fourth-order valence-electron chi connectivity index (χ4n) is 1.91. The van der Waals surface area contributed by atoms with Crippen molar-refractivity contribution in [2.75, 3.05) is 11.9 Å². The van der Waals surface area contributed by atoms with Gasteiger partial charge < -0.3 is 5.32 Å². The Morgan fingerprint density at radius 1 is 1.22 bits per heavy atom. The van der Waals surface area contributed by atoms with Crippen LogP contribution in [-0.4, -0.2) is 16.3 Å². The fourth-order valence-corrected chi connectivity index (χ4v) is 2.11. The Labute approximate surface area is 113 Å². The van der Waals surface area contributed by atoms with Gasteiger partial charge in [-0.25, -0.2) is 0 Å². The number of para-hydroxylation sites is 1. The third-order valence-electron chi connectivity index (χ3n) is 3.26. The number of rotatable bonds is 4. The highest BCUT2D eigenvalue weighted by molar-refractivity contribution is 6.33. The molecule has 0 saturated carbocycles. The van der Waals surface area contributed by atoms with E-state index in [1.807, 2.05) is 35.9 Å². The van der Waals surface area contributed by atoms with E-state index in [-0.39, 0.29) is 0 Å². The van der Waals surface area contributed by atoms with Gasteiger partial charge in [-0.05, 0) is 38.5 Å². The van der Waals surface area contributed by atoms with Crippen molar-refractivity contribution in [1.82, 2.24) is 9.78 Å². The maximum Gasteiger partial charge on any atom is 0.0637 e. The summed E-state index contributed by atoms with van der Waals surface area (Å²) in [7, 11) is 0. The summed E-state index contributed by atoms with van der Waals surface area (Å²) in [6.07, 6.45) is 0. The molecule has 0 saturated heterocycles. The van der Waals surface area contributed by atoms with E-state index < -0.39 is 0 Å². The Morgan fingerprint density at radius 2 is 1.94 bits per heavy atom. The minimum Gasteiger partial charge on any atom is -0.382 e. The Balaban J connectivity index is 1.97. The van der Waals surface area contributed by atoms with Gasteiger partial charge in [0.1, 0.15) is 0 Å². The van der Waals surface area contributed by atoms with E-state index in [1.54, 1.807) is 0 Å². The summed E-state index contributed by atoms with van der Waals surface area (Å²) in [6.45, 7) is 7.90. The molecule has 2 rings (SSSR count). The molecule has 0 bridgehead atoms. The summed E-state index contributed by atoms with van der Waals surface area (Å²) in [6, 6.07) is 7.77. The molecule has 18 heavy (non-hydrogen) atoms. The number of anilines is 1. The van der Waals surface area contributed by atoms with Gasteiger partial charge in [0, 0.05) is 12.2 Å². The maximum absolute atomic E-state index is 6.08. The van der Waals surface area contributed by atoms with Gasteiger partial charge in [0.2, 0.25) is 0 Å². The molecule has 0 aliphatic heterocycles. The van der Waals surface area contributed by atoms with Gasteiger partial charge in [-0.2, -0.15) is 5.10 Å². The van der Waals surface area contributed by atoms with Gasteiger partial charge in [-0.3, -0.25) is 4.68 Å². The highest BCUT2D eigenvalue weighted by Crippen LogP contribution is 2.20. The van der Waals surface area contributed by atoms with E-state index in [0.29, 0.717) is 0 Å². The van der Waals surface area contributed by atoms with Crippen LogP contribution in [-0.2, 0) is 6.54 Å². The normalized spacial score (nSPS) is 10.7. The summed E-state index contributed by atoms with van der Waals surface area (Å²) < 4.78 is 2.04. The van der Waals surface area contributed by atoms with Crippen LogP contribution in [0.15, 0.2) is 24.3 Å². The van der Waals surface area contributed by atoms with Gasteiger partial charge in [-0.15, -0.1) is 0 Å². The molecule has 0 atom stereocenters. The molecule has 0 radical (unpaired) electrons. The molecule has 0 amide bonds. The van der Waals surface area contributed by atoms with Crippen LogP contribution >= 0.6 is 11.6 Å². The zero-order valence-corrected chi connectivity index (χ0v) is 11.8. The highest BCUT2D eigenvalue weighted by Gasteiger charge is 2.06. The lowest BCUT2D eigenvalue weighted by Crippen LogP contribution is -2.13. The van der Waals surface area contributed by atoms with Crippen LogP contribution in [0.3, 0.4) is 0 Å². The third kappa shape index (κ3) is 2.67. The second-order valence-corrected chi connectivity index (χ2v) is 4.83. The minimum atomic E-state index is 0.752. The molecule has 4 heteroatoms. The average Bonchev–Trinajstić information content (AvgIpc) is 2.60. The quantitative estimate of drug-likeness (QED) is 0.914. The van der Waals surface area contributed by atoms with E-state index in [4.69, 9.17) is 11.6 Å². The van der Waals surface area contributed by atoms with Crippen molar-refractivity contribution in [3.8, 4) is 0 Å². The molecule has 0 unspecified atom stereocenters. The number of hydrogen-bond acceptors (Lipinski definition) is 2. The van der Waals surface area contributed by atoms with Gasteiger partial charge in [-0.1, -0.05) is 23.7 Å². The number of hydrogen-bond donors (Lipinski definition) is 1. The van der Waals surface area contributed by atoms with Crippen LogP contribution in [0.1, 0.15) is 17.0 Å². The molecule has 1 N–H and O–H groups in total. The number of nitrogens with zero attached hydrogens (tertiary/aromatic N) is 2. The first-order valence-corrected chi connectivity index (χ1v) is 6.46. The van der Waals surface area contributed by atoms with Crippen molar-refractivity contribution >= 4 is 17.3 Å².